The van der Waals surface area contributed by atoms with Gasteiger partial charge in [-0.1, -0.05) is 13.3 Å². The molecule has 33 heavy (non-hydrogen) atoms. The van der Waals surface area contributed by atoms with Gasteiger partial charge < -0.3 is 21.1 Å². The van der Waals surface area contributed by atoms with E-state index in [1.807, 2.05) is 6.92 Å². The van der Waals surface area contributed by atoms with Crippen molar-refractivity contribution in [2.45, 2.75) is 39.2 Å². The van der Waals surface area contributed by atoms with E-state index in [0.717, 1.165) is 30.5 Å². The van der Waals surface area contributed by atoms with Crippen LogP contribution in [-0.4, -0.2) is 35.2 Å². The van der Waals surface area contributed by atoms with Crippen LogP contribution in [-0.2, 0) is 0 Å². The summed E-state index contributed by atoms with van der Waals surface area (Å²) in [5.74, 6) is 0.812. The first kappa shape index (κ1) is 21.2. The monoisotopic (exact) mass is 450 g/mol. The van der Waals surface area contributed by atoms with Crippen molar-refractivity contribution in [1.82, 2.24) is 15.3 Å². The normalized spacial score (nSPS) is 19.5. The zero-order valence-corrected chi connectivity index (χ0v) is 18.7. The van der Waals surface area contributed by atoms with E-state index in [2.05, 4.69) is 32.8 Å². The first-order valence-corrected chi connectivity index (χ1v) is 11.2. The molecule has 0 bridgehead atoms. The van der Waals surface area contributed by atoms with Gasteiger partial charge in [0.25, 0.3) is 0 Å². The topological polar surface area (TPSA) is 114 Å². The average Bonchev–Trinajstić information content (AvgIpc) is 3.21. The lowest BCUT2D eigenvalue weighted by Gasteiger charge is -2.22. The zero-order chi connectivity index (χ0) is 23.1. The molecule has 0 spiro atoms. The number of nitrogens with zero attached hydrogens (tertiary/aromatic N) is 2. The summed E-state index contributed by atoms with van der Waals surface area (Å²) in [5, 5.41) is 10.2. The highest BCUT2D eigenvalue weighted by Crippen LogP contribution is 2.39. The number of nitrogen functional groups attached to an aromatic ring is 1. The van der Waals surface area contributed by atoms with Crippen molar-refractivity contribution in [3.63, 3.8) is 0 Å². The van der Waals surface area contributed by atoms with Crippen LogP contribution >= 0.6 is 0 Å². The molecule has 1 aliphatic carbocycles. The van der Waals surface area contributed by atoms with Crippen molar-refractivity contribution < 1.29 is 13.9 Å². The Bertz CT molecular complexity index is 1250. The molecule has 1 fully saturated rings. The number of aromatic nitrogens is 2. The van der Waals surface area contributed by atoms with Gasteiger partial charge in [-0.15, -0.1) is 0 Å². The molecule has 2 atom stereocenters. The van der Waals surface area contributed by atoms with E-state index in [0.29, 0.717) is 52.7 Å². The second-order valence-electron chi connectivity index (χ2n) is 8.81. The number of carbonyl (C=O) groups excluding carboxylic acids is 1. The molecular formula is C24H27FN6O2. The van der Waals surface area contributed by atoms with E-state index in [1.54, 1.807) is 18.3 Å². The molecule has 1 saturated carbocycles. The Hall–Kier alpha value is -3.62. The Morgan fingerprint density at radius 3 is 2.88 bits per heavy atom. The molecule has 8 nitrogen and oxygen atoms in total. The van der Waals surface area contributed by atoms with Crippen LogP contribution in [0.2, 0.25) is 0 Å². The van der Waals surface area contributed by atoms with Gasteiger partial charge in [-0.05, 0) is 48.8 Å². The number of carbonyl (C=O) groups is 1. The fraction of sp³-hybridized carbons (Fsp3) is 0.375. The van der Waals surface area contributed by atoms with Crippen LogP contribution in [0, 0.1) is 18.7 Å². The third-order valence-electron chi connectivity index (χ3n) is 6.66. The lowest BCUT2D eigenvalue weighted by Crippen LogP contribution is -2.39. The fourth-order valence-electron chi connectivity index (χ4n) is 4.74. The molecule has 172 valence electrons. The van der Waals surface area contributed by atoms with Crippen LogP contribution in [0.15, 0.2) is 24.5 Å². The number of hydrogen-bond acceptors (Lipinski definition) is 6. The van der Waals surface area contributed by atoms with Crippen molar-refractivity contribution >= 4 is 34.0 Å². The van der Waals surface area contributed by atoms with Crippen LogP contribution in [0.1, 0.15) is 31.7 Å². The van der Waals surface area contributed by atoms with E-state index < -0.39 is 5.82 Å². The molecule has 0 unspecified atom stereocenters. The number of urea groups is 1. The molecule has 2 aromatic heterocycles. The maximum absolute atomic E-state index is 15.3. The minimum atomic E-state index is -0.528. The SMILES string of the molecule is Cc1c(-c2cc3cc(NC(=O)N[C@H]4CCC[C@H]4C)ncc3c(N)c2F)cnc2c1NCCO2. The molecule has 3 aromatic rings. The van der Waals surface area contributed by atoms with Crippen LogP contribution in [0.25, 0.3) is 21.9 Å². The standard InChI is InChI=1S/C24H27FN6O2/c1-12-4-3-5-18(12)30-24(32)31-19-9-14-8-15(20(25)21(26)17(14)11-28-19)16-10-29-23-22(13(16)2)27-6-7-33-23/h8-12,18,27H,3-7,26H2,1-2H3,(H2,28,30,31,32)/t12-,18+/m1/s1. The van der Waals surface area contributed by atoms with E-state index in [4.69, 9.17) is 10.5 Å². The Morgan fingerprint density at radius 2 is 2.09 bits per heavy atom. The first-order chi connectivity index (χ1) is 15.9. The lowest BCUT2D eigenvalue weighted by atomic mass is 9.97. The average molecular weight is 451 g/mol. The number of nitrogens with two attached hydrogens (primary N) is 1. The van der Waals surface area contributed by atoms with Gasteiger partial charge in [-0.3, -0.25) is 5.32 Å². The Labute approximate surface area is 191 Å². The molecule has 5 rings (SSSR count). The Kier molecular flexibility index (Phi) is 5.39. The maximum Gasteiger partial charge on any atom is 0.320 e. The number of halogens is 1. The number of pyridine rings is 2. The van der Waals surface area contributed by atoms with Gasteiger partial charge in [-0.25, -0.2) is 19.2 Å². The number of hydrogen-bond donors (Lipinski definition) is 4. The number of ether oxygens (including phenoxy) is 1. The summed E-state index contributed by atoms with van der Waals surface area (Å²) >= 11 is 0. The summed E-state index contributed by atoms with van der Waals surface area (Å²) in [4.78, 5) is 21.1. The van der Waals surface area contributed by atoms with Gasteiger partial charge in [-0.2, -0.15) is 0 Å². The van der Waals surface area contributed by atoms with Gasteiger partial charge >= 0.3 is 6.03 Å². The molecule has 9 heteroatoms. The number of nitrogens with one attached hydrogen (secondary N) is 3. The number of benzene rings is 1. The molecule has 0 saturated heterocycles. The number of rotatable bonds is 3. The molecular weight excluding hydrogens is 423 g/mol. The van der Waals surface area contributed by atoms with Crippen molar-refractivity contribution in [3.05, 3.63) is 35.9 Å². The summed E-state index contributed by atoms with van der Waals surface area (Å²) in [6.45, 7) is 5.23. The van der Waals surface area contributed by atoms with Crippen LogP contribution in [0.5, 0.6) is 5.88 Å². The predicted molar refractivity (Wildman–Crippen MR) is 127 cm³/mol. The summed E-state index contributed by atoms with van der Waals surface area (Å²) in [6, 6.07) is 3.29. The van der Waals surface area contributed by atoms with E-state index >= 15 is 4.39 Å². The summed E-state index contributed by atoms with van der Waals surface area (Å²) in [5.41, 5.74) is 8.69. The minimum absolute atomic E-state index is 0.00659. The van der Waals surface area contributed by atoms with Gasteiger partial charge in [0.05, 0.1) is 5.69 Å². The van der Waals surface area contributed by atoms with Gasteiger partial charge in [0, 0.05) is 41.5 Å². The van der Waals surface area contributed by atoms with E-state index in [-0.39, 0.29) is 17.8 Å². The quantitative estimate of drug-likeness (QED) is 0.439. The number of fused-ring (bicyclic) bond motifs is 2. The van der Waals surface area contributed by atoms with Crippen LogP contribution in [0.3, 0.4) is 0 Å². The first-order valence-electron chi connectivity index (χ1n) is 11.2. The Morgan fingerprint density at radius 1 is 1.24 bits per heavy atom. The van der Waals surface area contributed by atoms with Gasteiger partial charge in [0.1, 0.15) is 18.1 Å². The zero-order valence-electron chi connectivity index (χ0n) is 18.7. The minimum Gasteiger partial charge on any atom is -0.474 e. The van der Waals surface area contributed by atoms with E-state index in [1.165, 1.54) is 6.20 Å². The second-order valence-corrected chi connectivity index (χ2v) is 8.81. The summed E-state index contributed by atoms with van der Waals surface area (Å²) < 4.78 is 20.9. The molecule has 1 aliphatic heterocycles. The highest BCUT2D eigenvalue weighted by molar-refractivity contribution is 6.00. The van der Waals surface area contributed by atoms with Crippen molar-refractivity contribution in [3.8, 4) is 17.0 Å². The second kappa shape index (κ2) is 8.38. The van der Waals surface area contributed by atoms with E-state index in [9.17, 15) is 4.79 Å². The number of anilines is 3. The molecule has 2 amide bonds. The largest absolute Gasteiger partial charge is 0.474 e. The van der Waals surface area contributed by atoms with Crippen LogP contribution in [0.4, 0.5) is 26.4 Å². The molecule has 1 aromatic carbocycles. The Balaban J connectivity index is 1.48. The predicted octanol–water partition coefficient (Wildman–Crippen LogP) is 4.44. The summed E-state index contributed by atoms with van der Waals surface area (Å²) in [7, 11) is 0. The maximum atomic E-state index is 15.3. The fourth-order valence-corrected chi connectivity index (χ4v) is 4.74. The highest BCUT2D eigenvalue weighted by atomic mass is 19.1. The smallest absolute Gasteiger partial charge is 0.320 e. The molecule has 5 N–H and O–H groups in total. The van der Waals surface area contributed by atoms with Crippen LogP contribution < -0.4 is 26.4 Å². The molecule has 2 aliphatic rings. The van der Waals surface area contributed by atoms with Crippen molar-refractivity contribution in [2.75, 3.05) is 29.5 Å². The van der Waals surface area contributed by atoms with Gasteiger partial charge in [0.15, 0.2) is 5.82 Å². The molecule has 3 heterocycles. The van der Waals surface area contributed by atoms with Gasteiger partial charge in [0.2, 0.25) is 5.88 Å². The lowest BCUT2D eigenvalue weighted by molar-refractivity contribution is 0.245. The van der Waals surface area contributed by atoms with Crippen molar-refractivity contribution in [1.29, 1.82) is 0 Å². The molecule has 0 radical (unpaired) electrons. The number of amides is 2. The summed E-state index contributed by atoms with van der Waals surface area (Å²) in [6.07, 6.45) is 6.30. The third-order valence-corrected chi connectivity index (χ3v) is 6.66. The van der Waals surface area contributed by atoms with Crippen molar-refractivity contribution in [2.24, 2.45) is 5.92 Å². The highest BCUT2D eigenvalue weighted by Gasteiger charge is 2.25. The third kappa shape index (κ3) is 3.88.